The third-order valence-corrected chi connectivity index (χ3v) is 3.54. The summed E-state index contributed by atoms with van der Waals surface area (Å²) in [6, 6.07) is 6.89. The molecule has 8 heteroatoms. The van der Waals surface area contributed by atoms with E-state index < -0.39 is 16.8 Å². The van der Waals surface area contributed by atoms with Crippen molar-refractivity contribution < 1.29 is 23.9 Å². The van der Waals surface area contributed by atoms with E-state index in [2.05, 4.69) is 0 Å². The fraction of sp³-hybridized carbons (Fsp3) is 0.286. The van der Waals surface area contributed by atoms with Crippen molar-refractivity contribution in [2.75, 3.05) is 13.2 Å². The quantitative estimate of drug-likeness (QED) is 0.595. The number of hydrogen-bond acceptors (Lipinski definition) is 6. The second kappa shape index (κ2) is 7.83. The maximum absolute atomic E-state index is 13.6. The van der Waals surface area contributed by atoms with Crippen molar-refractivity contribution in [3.8, 4) is 5.75 Å². The Morgan fingerprint density at radius 1 is 1.36 bits per heavy atom. The average molecular weight is 327 g/mol. The molecule has 2 rings (SSSR count). The smallest absolute Gasteiger partial charge is 0.272 e. The highest BCUT2D eigenvalue weighted by atomic mass is 32.1. The molecular weight excluding hydrogens is 313 g/mol. The van der Waals surface area contributed by atoms with Gasteiger partial charge in [0.25, 0.3) is 5.69 Å². The molecular formula is C14H14FNO5S. The van der Waals surface area contributed by atoms with E-state index in [1.807, 2.05) is 17.5 Å². The number of non-ortho nitro benzene ring substituents is 1. The molecule has 0 aliphatic carbocycles. The second-order valence-corrected chi connectivity index (χ2v) is 5.46. The van der Waals surface area contributed by atoms with Crippen molar-refractivity contribution >= 4 is 17.0 Å². The normalized spacial score (nSPS) is 12.1. The van der Waals surface area contributed by atoms with Crippen LogP contribution in [0, 0.1) is 15.9 Å². The van der Waals surface area contributed by atoms with E-state index in [4.69, 9.17) is 9.47 Å². The molecule has 1 heterocycles. The number of nitro benzene ring substituents is 1. The monoisotopic (exact) mass is 327 g/mol. The third-order valence-electron chi connectivity index (χ3n) is 2.69. The van der Waals surface area contributed by atoms with E-state index in [9.17, 15) is 19.6 Å². The van der Waals surface area contributed by atoms with Crippen LogP contribution in [0.3, 0.4) is 0 Å². The maximum atomic E-state index is 13.6. The zero-order chi connectivity index (χ0) is 15.9. The lowest BCUT2D eigenvalue weighted by molar-refractivity contribution is -0.385. The number of nitro groups is 1. The van der Waals surface area contributed by atoms with Crippen molar-refractivity contribution in [2.45, 2.75) is 12.7 Å². The molecule has 0 aliphatic heterocycles. The van der Waals surface area contributed by atoms with E-state index in [0.717, 1.165) is 23.1 Å². The predicted octanol–water partition coefficient (Wildman–Crippen LogP) is 2.75. The van der Waals surface area contributed by atoms with Crippen molar-refractivity contribution in [1.82, 2.24) is 0 Å². The topological polar surface area (TPSA) is 81.8 Å². The van der Waals surface area contributed by atoms with Crippen LogP contribution in [0.5, 0.6) is 5.75 Å². The number of halogens is 1. The van der Waals surface area contributed by atoms with Gasteiger partial charge in [0.1, 0.15) is 12.7 Å². The SMILES string of the molecule is O=[N+]([O-])c1ccc(OCC(O)COCc2cccs2)c(F)c1. The first-order valence-corrected chi connectivity index (χ1v) is 7.29. The molecule has 2 aromatic rings. The predicted molar refractivity (Wildman–Crippen MR) is 78.5 cm³/mol. The molecule has 0 amide bonds. The molecule has 0 spiro atoms. The Kier molecular flexibility index (Phi) is 5.82. The van der Waals surface area contributed by atoms with Crippen LogP contribution in [0.2, 0.25) is 0 Å². The van der Waals surface area contributed by atoms with Crippen molar-refractivity contribution in [3.63, 3.8) is 0 Å². The number of hydrogen-bond donors (Lipinski definition) is 1. The van der Waals surface area contributed by atoms with E-state index in [1.165, 1.54) is 0 Å². The number of benzene rings is 1. The number of aliphatic hydroxyl groups excluding tert-OH is 1. The molecule has 0 fully saturated rings. The van der Waals surface area contributed by atoms with Crippen LogP contribution in [0.25, 0.3) is 0 Å². The van der Waals surface area contributed by atoms with Crippen LogP contribution in [0.15, 0.2) is 35.7 Å². The summed E-state index contributed by atoms with van der Waals surface area (Å²) in [5.41, 5.74) is -0.357. The highest BCUT2D eigenvalue weighted by molar-refractivity contribution is 7.09. The highest BCUT2D eigenvalue weighted by Crippen LogP contribution is 2.22. The number of thiophene rings is 1. The van der Waals surface area contributed by atoms with Crippen LogP contribution in [-0.4, -0.2) is 29.3 Å². The van der Waals surface area contributed by atoms with Gasteiger partial charge in [0, 0.05) is 10.9 Å². The molecule has 1 atom stereocenters. The van der Waals surface area contributed by atoms with Gasteiger partial charge in [-0.15, -0.1) is 11.3 Å². The lowest BCUT2D eigenvalue weighted by Gasteiger charge is -2.12. The Morgan fingerprint density at radius 2 is 2.18 bits per heavy atom. The molecule has 1 aromatic carbocycles. The lowest BCUT2D eigenvalue weighted by Crippen LogP contribution is -2.23. The number of ether oxygens (including phenoxy) is 2. The summed E-state index contributed by atoms with van der Waals surface area (Å²) in [5.74, 6) is -0.996. The minimum absolute atomic E-state index is 0.0481. The zero-order valence-electron chi connectivity index (χ0n) is 11.5. The summed E-state index contributed by atoms with van der Waals surface area (Å²) in [7, 11) is 0. The third kappa shape index (κ3) is 4.76. The fourth-order valence-electron chi connectivity index (χ4n) is 1.64. The summed E-state index contributed by atoms with van der Waals surface area (Å²) >= 11 is 1.55. The first kappa shape index (κ1) is 16.3. The molecule has 0 radical (unpaired) electrons. The van der Waals surface area contributed by atoms with Gasteiger partial charge in [0.2, 0.25) is 0 Å². The van der Waals surface area contributed by atoms with E-state index >= 15 is 0 Å². The van der Waals surface area contributed by atoms with E-state index in [-0.39, 0.29) is 24.7 Å². The van der Waals surface area contributed by atoms with Gasteiger partial charge in [-0.05, 0) is 17.5 Å². The summed E-state index contributed by atoms with van der Waals surface area (Å²) in [4.78, 5) is 10.8. The van der Waals surface area contributed by atoms with Crippen LogP contribution < -0.4 is 4.74 Å². The molecule has 0 saturated heterocycles. The number of rotatable bonds is 8. The maximum Gasteiger partial charge on any atom is 0.272 e. The van der Waals surface area contributed by atoms with Crippen LogP contribution in [0.1, 0.15) is 4.88 Å². The summed E-state index contributed by atoms with van der Waals surface area (Å²) in [5, 5.41) is 22.1. The van der Waals surface area contributed by atoms with Gasteiger partial charge < -0.3 is 14.6 Å². The summed E-state index contributed by atoms with van der Waals surface area (Å²) < 4.78 is 24.0. The van der Waals surface area contributed by atoms with Crippen LogP contribution in [-0.2, 0) is 11.3 Å². The summed E-state index contributed by atoms with van der Waals surface area (Å²) in [6.45, 7) is 0.270. The van der Waals surface area contributed by atoms with Crippen molar-refractivity contribution in [3.05, 3.63) is 56.5 Å². The molecule has 22 heavy (non-hydrogen) atoms. The molecule has 0 bridgehead atoms. The Balaban J connectivity index is 1.76. The Hall–Kier alpha value is -2.03. The fourth-order valence-corrected chi connectivity index (χ4v) is 2.29. The number of nitrogens with zero attached hydrogens (tertiary/aromatic N) is 1. The van der Waals surface area contributed by atoms with Crippen molar-refractivity contribution in [1.29, 1.82) is 0 Å². The second-order valence-electron chi connectivity index (χ2n) is 4.43. The van der Waals surface area contributed by atoms with Gasteiger partial charge in [-0.1, -0.05) is 6.07 Å². The van der Waals surface area contributed by atoms with Crippen LogP contribution in [0.4, 0.5) is 10.1 Å². The lowest BCUT2D eigenvalue weighted by atomic mass is 10.3. The van der Waals surface area contributed by atoms with E-state index in [1.54, 1.807) is 11.3 Å². The standard InChI is InChI=1S/C14H14FNO5S/c15-13-6-10(16(18)19)3-4-14(13)21-8-11(17)7-20-9-12-2-1-5-22-12/h1-6,11,17H,7-9H2. The van der Waals surface area contributed by atoms with Gasteiger partial charge in [0.15, 0.2) is 11.6 Å². The Bertz CT molecular complexity index is 620. The highest BCUT2D eigenvalue weighted by Gasteiger charge is 2.13. The minimum atomic E-state index is -0.922. The van der Waals surface area contributed by atoms with E-state index in [0.29, 0.717) is 6.61 Å². The van der Waals surface area contributed by atoms with Crippen LogP contribution >= 0.6 is 11.3 Å². The van der Waals surface area contributed by atoms with Gasteiger partial charge >= 0.3 is 0 Å². The summed E-state index contributed by atoms with van der Waals surface area (Å²) in [6.07, 6.45) is -0.922. The molecule has 0 saturated carbocycles. The molecule has 0 aliphatic rings. The Morgan fingerprint density at radius 3 is 2.82 bits per heavy atom. The first-order valence-electron chi connectivity index (χ1n) is 6.41. The number of aliphatic hydroxyl groups is 1. The average Bonchev–Trinajstić information content (AvgIpc) is 2.99. The zero-order valence-corrected chi connectivity index (χ0v) is 12.3. The molecule has 1 unspecified atom stereocenters. The van der Waals surface area contributed by atoms with Gasteiger partial charge in [-0.2, -0.15) is 0 Å². The Labute approximate surface area is 129 Å². The van der Waals surface area contributed by atoms with Crippen molar-refractivity contribution in [2.24, 2.45) is 0 Å². The largest absolute Gasteiger partial charge is 0.488 e. The van der Waals surface area contributed by atoms with Gasteiger partial charge in [-0.3, -0.25) is 10.1 Å². The van der Waals surface area contributed by atoms with Gasteiger partial charge in [0.05, 0.1) is 24.2 Å². The van der Waals surface area contributed by atoms with Gasteiger partial charge in [-0.25, -0.2) is 4.39 Å². The minimum Gasteiger partial charge on any atom is -0.488 e. The first-order chi connectivity index (χ1) is 10.6. The molecule has 1 aromatic heterocycles. The molecule has 1 N–H and O–H groups in total. The molecule has 118 valence electrons. The molecule has 6 nitrogen and oxygen atoms in total.